The van der Waals surface area contributed by atoms with Crippen molar-refractivity contribution < 1.29 is 4.79 Å². The Morgan fingerprint density at radius 1 is 1.32 bits per heavy atom. The molecule has 0 radical (unpaired) electrons. The van der Waals surface area contributed by atoms with E-state index in [0.717, 1.165) is 36.0 Å². The molecular weight excluding hydrogens is 262 g/mol. The van der Waals surface area contributed by atoms with Gasteiger partial charge in [0, 0.05) is 42.0 Å². The molecule has 1 aliphatic rings. The van der Waals surface area contributed by atoms with E-state index >= 15 is 0 Å². The smallest absolute Gasteiger partial charge is 0.150 e. The second-order valence-electron chi connectivity index (χ2n) is 4.53. The van der Waals surface area contributed by atoms with Crippen molar-refractivity contribution in [1.29, 1.82) is 0 Å². The first-order chi connectivity index (χ1) is 9.20. The Morgan fingerprint density at radius 3 is 2.74 bits per heavy atom. The van der Waals surface area contributed by atoms with Crippen molar-refractivity contribution in [1.82, 2.24) is 9.97 Å². The van der Waals surface area contributed by atoms with E-state index in [1.807, 2.05) is 0 Å². The van der Waals surface area contributed by atoms with Crippen LogP contribution in [-0.2, 0) is 4.79 Å². The molecule has 19 heavy (non-hydrogen) atoms. The van der Waals surface area contributed by atoms with E-state index in [0.29, 0.717) is 16.3 Å². The lowest BCUT2D eigenvalue weighted by Crippen LogP contribution is -2.37. The molecule has 5 heteroatoms. The molecule has 2 aromatic rings. The van der Waals surface area contributed by atoms with Crippen LogP contribution >= 0.6 is 11.6 Å². The summed E-state index contributed by atoms with van der Waals surface area (Å²) in [5, 5.41) is 2.17. The van der Waals surface area contributed by atoms with Gasteiger partial charge in [-0.1, -0.05) is 18.2 Å². The molecule has 1 saturated heterocycles. The topological polar surface area (TPSA) is 46.1 Å². The monoisotopic (exact) mass is 273 g/mol. The van der Waals surface area contributed by atoms with E-state index in [4.69, 9.17) is 11.6 Å². The summed E-state index contributed by atoms with van der Waals surface area (Å²) in [6, 6.07) is 1.76. The molecule has 0 saturated carbocycles. The molecule has 3 heterocycles. The Morgan fingerprint density at radius 2 is 2.11 bits per heavy atom. The first-order valence-corrected chi connectivity index (χ1v) is 6.42. The van der Waals surface area contributed by atoms with Gasteiger partial charge in [0.15, 0.2) is 0 Å². The maximum Gasteiger partial charge on any atom is 0.150 e. The number of rotatable bonds is 3. The first kappa shape index (κ1) is 12.1. The normalized spacial score (nSPS) is 14.3. The molecule has 2 aromatic heterocycles. The lowest BCUT2D eigenvalue weighted by atomic mass is 10.0. The fourth-order valence-electron chi connectivity index (χ4n) is 2.20. The Hall–Kier alpha value is -1.94. The van der Waals surface area contributed by atoms with E-state index < -0.39 is 0 Å². The molecule has 0 aromatic carbocycles. The maximum absolute atomic E-state index is 10.9. The predicted octanol–water partition coefficient (Wildman–Crippen LogP) is 2.71. The number of hydrogen-bond donors (Lipinski definition) is 0. The third kappa shape index (κ3) is 1.98. The number of anilines is 1. The van der Waals surface area contributed by atoms with Crippen LogP contribution in [0.5, 0.6) is 0 Å². The van der Waals surface area contributed by atoms with Gasteiger partial charge in [0.2, 0.25) is 0 Å². The largest absolute Gasteiger partial charge is 0.356 e. The second-order valence-corrected chi connectivity index (χ2v) is 4.92. The summed E-state index contributed by atoms with van der Waals surface area (Å²) in [7, 11) is 0. The number of pyridine rings is 2. The van der Waals surface area contributed by atoms with E-state index in [1.54, 1.807) is 18.5 Å². The number of aromatic nitrogens is 2. The third-order valence-corrected chi connectivity index (χ3v) is 3.57. The van der Waals surface area contributed by atoms with Crippen LogP contribution in [0.15, 0.2) is 25.0 Å². The van der Waals surface area contributed by atoms with Crippen LogP contribution in [0.2, 0.25) is 5.15 Å². The molecular formula is C14H12ClN3O. The summed E-state index contributed by atoms with van der Waals surface area (Å²) in [6.07, 6.45) is 5.30. The molecule has 0 atom stereocenters. The Balaban J connectivity index is 2.27. The summed E-state index contributed by atoms with van der Waals surface area (Å²) in [5.41, 5.74) is 1.11. The fourth-order valence-corrected chi connectivity index (χ4v) is 2.35. The van der Waals surface area contributed by atoms with Crippen molar-refractivity contribution in [3.63, 3.8) is 0 Å². The first-order valence-electron chi connectivity index (χ1n) is 6.04. The van der Waals surface area contributed by atoms with E-state index in [1.165, 1.54) is 6.42 Å². The molecule has 1 aliphatic heterocycles. The summed E-state index contributed by atoms with van der Waals surface area (Å²) in [4.78, 5) is 21.7. The zero-order valence-corrected chi connectivity index (χ0v) is 11.0. The van der Waals surface area contributed by atoms with Crippen molar-refractivity contribution >= 4 is 40.1 Å². The van der Waals surface area contributed by atoms with Gasteiger partial charge < -0.3 is 4.90 Å². The highest BCUT2D eigenvalue weighted by molar-refractivity contribution is 6.30. The molecule has 0 aliphatic carbocycles. The average molecular weight is 274 g/mol. The van der Waals surface area contributed by atoms with Gasteiger partial charge in [0.05, 0.1) is 0 Å². The van der Waals surface area contributed by atoms with Crippen LogP contribution in [0.25, 0.3) is 16.3 Å². The number of fused-ring (bicyclic) bond motifs is 1. The van der Waals surface area contributed by atoms with Gasteiger partial charge in [0.25, 0.3) is 0 Å². The molecule has 0 amide bonds. The van der Waals surface area contributed by atoms with Crippen molar-refractivity contribution in [2.45, 2.75) is 6.42 Å². The van der Waals surface area contributed by atoms with Gasteiger partial charge in [-0.15, -0.1) is 0 Å². The highest BCUT2D eigenvalue weighted by atomic mass is 35.5. The summed E-state index contributed by atoms with van der Waals surface area (Å²) >= 11 is 5.96. The van der Waals surface area contributed by atoms with Crippen LogP contribution in [0.1, 0.15) is 12.0 Å². The van der Waals surface area contributed by atoms with Gasteiger partial charge in [0.1, 0.15) is 17.3 Å². The van der Waals surface area contributed by atoms with Gasteiger partial charge in [-0.25, -0.2) is 9.97 Å². The minimum absolute atomic E-state index is 0.396. The van der Waals surface area contributed by atoms with Crippen LogP contribution in [0.4, 0.5) is 5.82 Å². The molecule has 3 rings (SSSR count). The van der Waals surface area contributed by atoms with Gasteiger partial charge in [-0.2, -0.15) is 0 Å². The van der Waals surface area contributed by atoms with Crippen LogP contribution < -0.4 is 4.90 Å². The van der Waals surface area contributed by atoms with Gasteiger partial charge in [-0.05, 0) is 17.9 Å². The third-order valence-electron chi connectivity index (χ3n) is 3.36. The van der Waals surface area contributed by atoms with Gasteiger partial charge >= 0.3 is 0 Å². The van der Waals surface area contributed by atoms with Crippen LogP contribution in [-0.4, -0.2) is 29.3 Å². The number of carbonyl (C=O) groups is 1. The number of carbonyl (C=O) groups excluding carboxylic acids is 1. The number of aldehydes is 1. The average Bonchev–Trinajstić information content (AvgIpc) is 2.36. The number of allylic oxidation sites excluding steroid dienone is 1. The van der Waals surface area contributed by atoms with E-state index in [-0.39, 0.29) is 0 Å². The summed E-state index contributed by atoms with van der Waals surface area (Å²) in [6.45, 7) is 5.74. The molecule has 0 N–H and O–H groups in total. The Bertz CT molecular complexity index is 680. The minimum atomic E-state index is 0.396. The van der Waals surface area contributed by atoms with E-state index in [2.05, 4.69) is 21.4 Å². The minimum Gasteiger partial charge on any atom is -0.356 e. The maximum atomic E-state index is 10.9. The molecule has 1 fully saturated rings. The summed E-state index contributed by atoms with van der Waals surface area (Å²) in [5.74, 6) is 0.896. The fraction of sp³-hybridized carbons (Fsp3) is 0.214. The van der Waals surface area contributed by atoms with Crippen molar-refractivity contribution in [2.75, 3.05) is 18.0 Å². The zero-order chi connectivity index (χ0) is 13.4. The molecule has 96 valence electrons. The SMILES string of the molecule is C=C(C=O)c1cnc(N2CCC2)c2cnc(Cl)cc12. The van der Waals surface area contributed by atoms with Crippen molar-refractivity contribution in [3.8, 4) is 0 Å². The number of hydrogen-bond acceptors (Lipinski definition) is 4. The van der Waals surface area contributed by atoms with Gasteiger partial charge in [-0.3, -0.25) is 4.79 Å². The van der Waals surface area contributed by atoms with Crippen molar-refractivity contribution in [3.05, 3.63) is 35.8 Å². The highest BCUT2D eigenvalue weighted by Crippen LogP contribution is 2.32. The quantitative estimate of drug-likeness (QED) is 0.490. The Labute approximate surface area is 115 Å². The second kappa shape index (κ2) is 4.63. The van der Waals surface area contributed by atoms with E-state index in [9.17, 15) is 4.79 Å². The lowest BCUT2D eigenvalue weighted by Gasteiger charge is -2.33. The molecule has 0 spiro atoms. The molecule has 0 unspecified atom stereocenters. The lowest BCUT2D eigenvalue weighted by molar-refractivity contribution is -0.103. The van der Waals surface area contributed by atoms with Crippen molar-refractivity contribution in [2.24, 2.45) is 0 Å². The molecule has 0 bridgehead atoms. The highest BCUT2D eigenvalue weighted by Gasteiger charge is 2.20. The molecule has 4 nitrogen and oxygen atoms in total. The number of nitrogens with zero attached hydrogens (tertiary/aromatic N) is 3. The number of halogens is 1. The Kier molecular flexibility index (Phi) is 2.95. The zero-order valence-electron chi connectivity index (χ0n) is 10.3. The standard InChI is InChI=1S/C14H12ClN3O/c1-9(8-19)11-6-17-14(18-3-2-4-18)12-7-16-13(15)5-10(11)12/h5-8H,1-4H2. The van der Waals surface area contributed by atoms with Crippen LogP contribution in [0, 0.1) is 0 Å². The summed E-state index contributed by atoms with van der Waals surface area (Å²) < 4.78 is 0. The van der Waals surface area contributed by atoms with Crippen LogP contribution in [0.3, 0.4) is 0 Å². The predicted molar refractivity (Wildman–Crippen MR) is 76.5 cm³/mol.